The molecule has 8 heteroatoms. The molecule has 22 heavy (non-hydrogen) atoms. The molecule has 1 aromatic carbocycles. The van der Waals surface area contributed by atoms with Crippen LogP contribution in [0.15, 0.2) is 24.4 Å². The SMILES string of the molecule is CC[C@H](NC(=O)c1ccc([N+](=O)[O-])c(O)c1)c1ncc(C)s1. The Kier molecular flexibility index (Phi) is 4.71. The lowest BCUT2D eigenvalue weighted by Crippen LogP contribution is -2.28. The lowest BCUT2D eigenvalue weighted by Gasteiger charge is -2.14. The molecule has 0 unspecified atom stereocenters. The zero-order valence-electron chi connectivity index (χ0n) is 12.1. The first-order chi connectivity index (χ1) is 10.4. The number of aromatic hydroxyl groups is 1. The molecule has 0 fully saturated rings. The first-order valence-corrected chi connectivity index (χ1v) is 7.44. The number of carbonyl (C=O) groups is 1. The maximum Gasteiger partial charge on any atom is 0.310 e. The highest BCUT2D eigenvalue weighted by atomic mass is 32.1. The zero-order chi connectivity index (χ0) is 16.3. The molecule has 2 aromatic rings. The maximum atomic E-state index is 12.2. The molecule has 1 heterocycles. The van der Waals surface area contributed by atoms with E-state index in [9.17, 15) is 20.0 Å². The second kappa shape index (κ2) is 6.52. The van der Waals surface area contributed by atoms with Gasteiger partial charge in [-0.25, -0.2) is 4.98 Å². The van der Waals surface area contributed by atoms with Gasteiger partial charge in [0.1, 0.15) is 5.01 Å². The first-order valence-electron chi connectivity index (χ1n) is 6.63. The number of benzene rings is 1. The molecule has 1 atom stereocenters. The number of carbonyl (C=O) groups excluding carboxylic acids is 1. The molecule has 0 bridgehead atoms. The van der Waals surface area contributed by atoms with E-state index in [0.717, 1.165) is 22.0 Å². The molecule has 116 valence electrons. The Labute approximate surface area is 130 Å². The summed E-state index contributed by atoms with van der Waals surface area (Å²) in [6, 6.07) is 3.28. The van der Waals surface area contributed by atoms with Gasteiger partial charge in [-0.2, -0.15) is 0 Å². The molecule has 0 saturated carbocycles. The average molecular weight is 321 g/mol. The third-order valence-electron chi connectivity index (χ3n) is 3.09. The Bertz CT molecular complexity index is 714. The second-order valence-corrected chi connectivity index (χ2v) is 5.97. The number of amides is 1. The van der Waals surface area contributed by atoms with Gasteiger partial charge in [-0.05, 0) is 25.5 Å². The van der Waals surface area contributed by atoms with Crippen molar-refractivity contribution in [3.8, 4) is 5.75 Å². The topological polar surface area (TPSA) is 105 Å². The highest BCUT2D eigenvalue weighted by Crippen LogP contribution is 2.27. The number of nitro groups is 1. The van der Waals surface area contributed by atoms with E-state index in [2.05, 4.69) is 10.3 Å². The molecule has 1 amide bonds. The predicted octanol–water partition coefficient (Wildman–Crippen LogP) is 2.95. The second-order valence-electron chi connectivity index (χ2n) is 4.70. The Morgan fingerprint density at radius 1 is 1.55 bits per heavy atom. The van der Waals surface area contributed by atoms with Gasteiger partial charge in [0.25, 0.3) is 5.91 Å². The van der Waals surface area contributed by atoms with Crippen molar-refractivity contribution < 1.29 is 14.8 Å². The van der Waals surface area contributed by atoms with E-state index in [-0.39, 0.29) is 11.6 Å². The summed E-state index contributed by atoms with van der Waals surface area (Å²) in [6.45, 7) is 3.86. The standard InChI is InChI=1S/C14H15N3O4S/c1-3-10(14-15-7-8(2)22-14)16-13(19)9-4-5-11(17(20)21)12(18)6-9/h4-7,10,18H,3H2,1-2H3,(H,16,19)/t10-/m0/s1. The predicted molar refractivity (Wildman–Crippen MR) is 82.1 cm³/mol. The summed E-state index contributed by atoms with van der Waals surface area (Å²) in [5.41, 5.74) is -0.269. The number of phenolic OH excluding ortho intramolecular Hbond substituents is 1. The fourth-order valence-corrected chi connectivity index (χ4v) is 2.84. The van der Waals surface area contributed by atoms with E-state index >= 15 is 0 Å². The number of thiazole rings is 1. The number of nitro benzene ring substituents is 1. The molecule has 1 aromatic heterocycles. The number of nitrogens with zero attached hydrogens (tertiary/aromatic N) is 2. The number of hydrogen-bond acceptors (Lipinski definition) is 6. The minimum atomic E-state index is -0.704. The lowest BCUT2D eigenvalue weighted by atomic mass is 10.1. The molecule has 2 N–H and O–H groups in total. The minimum Gasteiger partial charge on any atom is -0.502 e. The third kappa shape index (κ3) is 3.40. The fourth-order valence-electron chi connectivity index (χ4n) is 1.93. The quantitative estimate of drug-likeness (QED) is 0.650. The van der Waals surface area contributed by atoms with Crippen molar-refractivity contribution in [1.82, 2.24) is 10.3 Å². The van der Waals surface area contributed by atoms with Crippen LogP contribution in [0.1, 0.15) is 39.6 Å². The largest absolute Gasteiger partial charge is 0.502 e. The number of hydrogen-bond donors (Lipinski definition) is 2. The van der Waals surface area contributed by atoms with Crippen LogP contribution in [0.4, 0.5) is 5.69 Å². The van der Waals surface area contributed by atoms with Gasteiger partial charge in [0, 0.05) is 22.7 Å². The van der Waals surface area contributed by atoms with Crippen LogP contribution in [0, 0.1) is 17.0 Å². The monoisotopic (exact) mass is 321 g/mol. The molecule has 0 aliphatic rings. The van der Waals surface area contributed by atoms with Gasteiger partial charge in [0.15, 0.2) is 5.75 Å². The summed E-state index contributed by atoms with van der Waals surface area (Å²) >= 11 is 1.50. The maximum absolute atomic E-state index is 12.2. The zero-order valence-corrected chi connectivity index (χ0v) is 12.9. The van der Waals surface area contributed by atoms with Crippen molar-refractivity contribution in [2.75, 3.05) is 0 Å². The molecule has 0 saturated heterocycles. The minimum absolute atomic E-state index is 0.162. The summed E-state index contributed by atoms with van der Waals surface area (Å²) in [7, 11) is 0. The van der Waals surface area contributed by atoms with Crippen molar-refractivity contribution in [2.45, 2.75) is 26.3 Å². The average Bonchev–Trinajstić information content (AvgIpc) is 2.90. The van der Waals surface area contributed by atoms with Crippen LogP contribution in [-0.4, -0.2) is 20.9 Å². The fraction of sp³-hybridized carbons (Fsp3) is 0.286. The van der Waals surface area contributed by atoms with Crippen LogP contribution >= 0.6 is 11.3 Å². The molecular formula is C14H15N3O4S. The van der Waals surface area contributed by atoms with Crippen LogP contribution in [-0.2, 0) is 0 Å². The van der Waals surface area contributed by atoms with Crippen molar-refractivity contribution in [3.63, 3.8) is 0 Å². The summed E-state index contributed by atoms with van der Waals surface area (Å²) in [5.74, 6) is -0.944. The highest BCUT2D eigenvalue weighted by molar-refractivity contribution is 7.11. The number of rotatable bonds is 5. The normalized spacial score (nSPS) is 11.9. The molecule has 2 rings (SSSR count). The Morgan fingerprint density at radius 2 is 2.27 bits per heavy atom. The lowest BCUT2D eigenvalue weighted by molar-refractivity contribution is -0.385. The van der Waals surface area contributed by atoms with E-state index in [1.54, 1.807) is 6.20 Å². The Morgan fingerprint density at radius 3 is 2.77 bits per heavy atom. The molecule has 0 spiro atoms. The van der Waals surface area contributed by atoms with Gasteiger partial charge in [-0.3, -0.25) is 14.9 Å². The number of nitrogens with one attached hydrogen (secondary N) is 1. The van der Waals surface area contributed by atoms with Crippen LogP contribution in [0.3, 0.4) is 0 Å². The van der Waals surface area contributed by atoms with E-state index in [1.807, 2.05) is 13.8 Å². The first kappa shape index (κ1) is 15.9. The molecular weight excluding hydrogens is 306 g/mol. The summed E-state index contributed by atoms with van der Waals surface area (Å²) in [6.07, 6.45) is 2.41. The van der Waals surface area contributed by atoms with Crippen molar-refractivity contribution in [1.29, 1.82) is 0 Å². The van der Waals surface area contributed by atoms with Gasteiger partial charge in [-0.1, -0.05) is 6.92 Å². The van der Waals surface area contributed by atoms with E-state index in [1.165, 1.54) is 17.4 Å². The Hall–Kier alpha value is -2.48. The van der Waals surface area contributed by atoms with Gasteiger partial charge >= 0.3 is 5.69 Å². The third-order valence-corrected chi connectivity index (χ3v) is 4.11. The highest BCUT2D eigenvalue weighted by Gasteiger charge is 2.20. The van der Waals surface area contributed by atoms with E-state index in [4.69, 9.17) is 0 Å². The van der Waals surface area contributed by atoms with E-state index in [0.29, 0.717) is 6.42 Å². The number of aryl methyl sites for hydroxylation is 1. The number of aromatic nitrogens is 1. The van der Waals surface area contributed by atoms with Crippen LogP contribution in [0.5, 0.6) is 5.75 Å². The summed E-state index contributed by atoms with van der Waals surface area (Å²) in [4.78, 5) is 27.5. The molecule has 7 nitrogen and oxygen atoms in total. The summed E-state index contributed by atoms with van der Waals surface area (Å²) in [5, 5.41) is 23.9. The van der Waals surface area contributed by atoms with Gasteiger partial charge in [0.2, 0.25) is 0 Å². The number of phenols is 1. The summed E-state index contributed by atoms with van der Waals surface area (Å²) < 4.78 is 0. The smallest absolute Gasteiger partial charge is 0.310 e. The van der Waals surface area contributed by atoms with Crippen LogP contribution < -0.4 is 5.32 Å². The van der Waals surface area contributed by atoms with Crippen LogP contribution in [0.2, 0.25) is 0 Å². The van der Waals surface area contributed by atoms with Crippen LogP contribution in [0.25, 0.3) is 0 Å². The molecule has 0 aliphatic heterocycles. The molecule has 0 aliphatic carbocycles. The Balaban J connectivity index is 2.17. The molecule has 0 radical (unpaired) electrons. The van der Waals surface area contributed by atoms with E-state index < -0.39 is 22.3 Å². The van der Waals surface area contributed by atoms with Gasteiger partial charge in [-0.15, -0.1) is 11.3 Å². The van der Waals surface area contributed by atoms with Gasteiger partial charge in [0.05, 0.1) is 11.0 Å². The van der Waals surface area contributed by atoms with Crippen molar-refractivity contribution >= 4 is 22.9 Å². The van der Waals surface area contributed by atoms with Gasteiger partial charge < -0.3 is 10.4 Å². The van der Waals surface area contributed by atoms with Crippen molar-refractivity contribution in [3.05, 3.63) is 50.0 Å². The van der Waals surface area contributed by atoms with Crippen molar-refractivity contribution in [2.24, 2.45) is 0 Å².